The standard InChI is InChI=1S/C19H28N6O6S.C2HF3O2/c1-11(2)9-23-32(29,30)25-16(19(27)28)10-22-17(26)8-14-7-15(24-31-14)12-3-5-13(6-4-12)18(20)21;3-2(4,5)1(6)7/h3-6,11,14,16,23,25H,7-10H2,1-2H3,(H3,20,21)(H,22,26)(H,27,28);(H,6,7)/t14?,16-;/m0./s1. The van der Waals surface area contributed by atoms with Gasteiger partial charge in [0, 0.05) is 25.1 Å². The van der Waals surface area contributed by atoms with Gasteiger partial charge in [0.25, 0.3) is 10.2 Å². The second-order valence-electron chi connectivity index (χ2n) is 8.53. The van der Waals surface area contributed by atoms with Crippen LogP contribution in [0.5, 0.6) is 0 Å². The summed E-state index contributed by atoms with van der Waals surface area (Å²) in [6.45, 7) is 3.33. The number of nitrogens with two attached hydrogens (primary N) is 1. The van der Waals surface area contributed by atoms with Crippen LogP contribution in [-0.4, -0.2) is 79.4 Å². The lowest BCUT2D eigenvalue weighted by atomic mass is 10.0. The summed E-state index contributed by atoms with van der Waals surface area (Å²) >= 11 is 0. The molecule has 0 bridgehead atoms. The number of carbonyl (C=O) groups excluding carboxylic acids is 1. The van der Waals surface area contributed by atoms with Crippen molar-refractivity contribution < 1.29 is 51.0 Å². The number of aliphatic carboxylic acids is 2. The highest BCUT2D eigenvalue weighted by Gasteiger charge is 2.38. The summed E-state index contributed by atoms with van der Waals surface area (Å²) in [7, 11) is -4.03. The molecule has 1 aromatic carbocycles. The summed E-state index contributed by atoms with van der Waals surface area (Å²) in [5, 5.41) is 30.2. The Labute approximate surface area is 221 Å². The molecule has 1 aliphatic heterocycles. The molecule has 18 heteroatoms. The average Bonchev–Trinajstić information content (AvgIpc) is 3.28. The number of hydrogen-bond acceptors (Lipinski definition) is 8. The van der Waals surface area contributed by atoms with E-state index in [1.165, 1.54) is 0 Å². The number of nitrogen functional groups attached to an aromatic ring is 1. The summed E-state index contributed by atoms with van der Waals surface area (Å²) in [6.07, 6.45) is -5.34. The van der Waals surface area contributed by atoms with Crippen molar-refractivity contribution in [1.82, 2.24) is 14.8 Å². The maximum absolute atomic E-state index is 12.2. The smallest absolute Gasteiger partial charge is 0.480 e. The molecule has 1 unspecified atom stereocenters. The number of halogens is 3. The van der Waals surface area contributed by atoms with E-state index in [0.717, 1.165) is 5.56 Å². The molecule has 1 amide bonds. The number of rotatable bonds is 12. The van der Waals surface area contributed by atoms with Crippen LogP contribution in [-0.2, 0) is 29.4 Å². The number of oxime groups is 1. The van der Waals surface area contributed by atoms with E-state index in [2.05, 4.69) is 15.2 Å². The SMILES string of the molecule is CC(C)CNS(=O)(=O)N[C@@H](CNC(=O)CC1CC(c2ccc(C(=N)N)cc2)=NO1)C(=O)O.O=C(O)C(F)(F)F. The molecule has 0 radical (unpaired) electrons. The van der Waals surface area contributed by atoms with Gasteiger partial charge >= 0.3 is 18.1 Å². The molecule has 0 aromatic heterocycles. The van der Waals surface area contributed by atoms with Crippen LogP contribution in [0, 0.1) is 11.3 Å². The van der Waals surface area contributed by atoms with Gasteiger partial charge in [-0.15, -0.1) is 0 Å². The highest BCUT2D eigenvalue weighted by atomic mass is 32.2. The first kappa shape index (κ1) is 33.3. The van der Waals surface area contributed by atoms with E-state index in [9.17, 15) is 36.3 Å². The minimum absolute atomic E-state index is 0.0418. The summed E-state index contributed by atoms with van der Waals surface area (Å²) in [6, 6.07) is 5.34. The molecule has 0 spiro atoms. The molecule has 0 aliphatic carbocycles. The summed E-state index contributed by atoms with van der Waals surface area (Å²) in [4.78, 5) is 37.7. The van der Waals surface area contributed by atoms with E-state index in [0.29, 0.717) is 17.7 Å². The van der Waals surface area contributed by atoms with Crippen molar-refractivity contribution in [2.24, 2.45) is 16.8 Å². The normalized spacial score (nSPS) is 15.8. The minimum atomic E-state index is -5.08. The predicted octanol–water partition coefficient (Wildman–Crippen LogP) is 0.136. The van der Waals surface area contributed by atoms with E-state index in [4.69, 9.17) is 25.9 Å². The Hall–Kier alpha value is -3.77. The van der Waals surface area contributed by atoms with Crippen LogP contribution in [0.1, 0.15) is 37.8 Å². The Bertz CT molecular complexity index is 1170. The van der Waals surface area contributed by atoms with E-state index in [1.807, 2.05) is 4.72 Å². The number of hydrogen-bond donors (Lipinski definition) is 7. The van der Waals surface area contributed by atoms with Gasteiger partial charge in [0.15, 0.2) is 0 Å². The fourth-order valence-corrected chi connectivity index (χ4v) is 3.92. The molecule has 14 nitrogen and oxygen atoms in total. The zero-order valence-corrected chi connectivity index (χ0v) is 21.6. The van der Waals surface area contributed by atoms with Crippen LogP contribution in [0.4, 0.5) is 13.2 Å². The maximum atomic E-state index is 12.2. The van der Waals surface area contributed by atoms with E-state index in [1.54, 1.807) is 38.1 Å². The molecular weight excluding hydrogens is 553 g/mol. The molecule has 1 aromatic rings. The van der Waals surface area contributed by atoms with E-state index >= 15 is 0 Å². The fourth-order valence-electron chi connectivity index (χ4n) is 2.73. The molecule has 2 atom stereocenters. The molecular formula is C21H29F3N6O8S. The molecule has 39 heavy (non-hydrogen) atoms. The molecule has 0 fully saturated rings. The molecule has 1 aliphatic rings. The van der Waals surface area contributed by atoms with Crippen molar-refractivity contribution >= 4 is 39.6 Å². The Morgan fingerprint density at radius 3 is 2.21 bits per heavy atom. The van der Waals surface area contributed by atoms with Gasteiger partial charge in [-0.3, -0.25) is 15.0 Å². The van der Waals surface area contributed by atoms with Crippen molar-refractivity contribution in [1.29, 1.82) is 5.41 Å². The Morgan fingerprint density at radius 2 is 1.74 bits per heavy atom. The van der Waals surface area contributed by atoms with Crippen LogP contribution in [0.25, 0.3) is 0 Å². The third kappa shape index (κ3) is 12.5. The number of nitrogens with one attached hydrogen (secondary N) is 4. The average molecular weight is 583 g/mol. The van der Waals surface area contributed by atoms with Crippen molar-refractivity contribution in [2.75, 3.05) is 13.1 Å². The topological polar surface area (TPSA) is 233 Å². The van der Waals surface area contributed by atoms with Crippen LogP contribution in [0.2, 0.25) is 0 Å². The highest BCUT2D eigenvalue weighted by molar-refractivity contribution is 7.87. The summed E-state index contributed by atoms with van der Waals surface area (Å²) in [5.41, 5.74) is 7.41. The molecule has 0 saturated carbocycles. The van der Waals surface area contributed by atoms with Gasteiger partial charge in [0.2, 0.25) is 5.91 Å². The van der Waals surface area contributed by atoms with Crippen molar-refractivity contribution in [3.63, 3.8) is 0 Å². The van der Waals surface area contributed by atoms with Crippen LogP contribution < -0.4 is 20.5 Å². The van der Waals surface area contributed by atoms with Gasteiger partial charge in [-0.25, -0.2) is 9.52 Å². The molecule has 1 heterocycles. The Kier molecular flexibility index (Phi) is 12.3. The second-order valence-corrected chi connectivity index (χ2v) is 10.1. The van der Waals surface area contributed by atoms with E-state index < -0.39 is 52.9 Å². The minimum Gasteiger partial charge on any atom is -0.480 e. The number of carbonyl (C=O) groups is 3. The number of amidine groups is 1. The largest absolute Gasteiger partial charge is 0.490 e. The fraction of sp³-hybridized carbons (Fsp3) is 0.476. The van der Waals surface area contributed by atoms with Gasteiger partial charge in [-0.1, -0.05) is 43.3 Å². The third-order valence-electron chi connectivity index (χ3n) is 4.70. The Balaban J connectivity index is 0.000000956. The highest BCUT2D eigenvalue weighted by Crippen LogP contribution is 2.19. The number of carboxylic acids is 2. The van der Waals surface area contributed by atoms with Crippen molar-refractivity contribution in [3.05, 3.63) is 35.4 Å². The molecule has 0 saturated heterocycles. The van der Waals surface area contributed by atoms with E-state index in [-0.39, 0.29) is 24.7 Å². The number of amides is 1. The van der Waals surface area contributed by atoms with Crippen LogP contribution in [0.15, 0.2) is 29.4 Å². The first-order valence-corrected chi connectivity index (χ1v) is 12.6. The summed E-state index contributed by atoms with van der Waals surface area (Å²) < 4.78 is 59.9. The molecule has 218 valence electrons. The lowest BCUT2D eigenvalue weighted by Gasteiger charge is -2.17. The summed E-state index contributed by atoms with van der Waals surface area (Å²) in [5.74, 6) is -4.68. The van der Waals surface area contributed by atoms with Gasteiger partial charge in [-0.2, -0.15) is 26.3 Å². The van der Waals surface area contributed by atoms with Gasteiger partial charge in [0.05, 0.1) is 12.1 Å². The van der Waals surface area contributed by atoms with Gasteiger partial charge in [0.1, 0.15) is 18.0 Å². The lowest BCUT2D eigenvalue weighted by Crippen LogP contribution is -2.52. The van der Waals surface area contributed by atoms with Gasteiger partial charge < -0.3 is 26.1 Å². The first-order valence-electron chi connectivity index (χ1n) is 11.1. The lowest BCUT2D eigenvalue weighted by molar-refractivity contribution is -0.192. The Morgan fingerprint density at radius 1 is 1.18 bits per heavy atom. The first-order chi connectivity index (χ1) is 17.9. The molecule has 2 rings (SSSR count). The second kappa shape index (κ2) is 14.4. The van der Waals surface area contributed by atoms with Crippen LogP contribution >= 0.6 is 0 Å². The predicted molar refractivity (Wildman–Crippen MR) is 131 cm³/mol. The number of benzene rings is 1. The number of carboxylic acid groups (broad SMARTS) is 2. The van der Waals surface area contributed by atoms with Crippen molar-refractivity contribution in [2.45, 2.75) is 45.0 Å². The monoisotopic (exact) mass is 582 g/mol. The van der Waals surface area contributed by atoms with Crippen molar-refractivity contribution in [3.8, 4) is 0 Å². The zero-order valence-electron chi connectivity index (χ0n) is 20.8. The molecule has 8 N–H and O–H groups in total. The number of alkyl halides is 3. The maximum Gasteiger partial charge on any atom is 0.490 e. The quantitative estimate of drug-likeness (QED) is 0.131. The third-order valence-corrected chi connectivity index (χ3v) is 5.84. The van der Waals surface area contributed by atoms with Gasteiger partial charge in [-0.05, 0) is 11.5 Å². The number of nitrogens with zero attached hydrogens (tertiary/aromatic N) is 1. The van der Waals surface area contributed by atoms with Crippen LogP contribution in [0.3, 0.4) is 0 Å². The zero-order chi connectivity index (χ0) is 30.0.